The van der Waals surface area contributed by atoms with Gasteiger partial charge in [-0.2, -0.15) is 0 Å². The zero-order valence-electron chi connectivity index (χ0n) is 5.89. The molecule has 0 unspecified atom stereocenters. The Morgan fingerprint density at radius 2 is 1.17 bits per heavy atom. The van der Waals surface area contributed by atoms with Crippen molar-refractivity contribution in [3.8, 4) is 0 Å². The van der Waals surface area contributed by atoms with Crippen LogP contribution in [0.25, 0.3) is 0 Å². The maximum atomic E-state index is 9.12. The molecular weight excluding hydrogens is 284 g/mol. The van der Waals surface area contributed by atoms with Crippen molar-refractivity contribution in [1.82, 2.24) is 0 Å². The van der Waals surface area contributed by atoms with Gasteiger partial charge in [0.15, 0.2) is 4.30 Å². The molecule has 12 heavy (non-hydrogen) atoms. The molecule has 1 nitrogen and oxygen atoms in total. The molecule has 0 saturated carbocycles. The second-order valence-corrected chi connectivity index (χ2v) is 5.67. The lowest BCUT2D eigenvalue weighted by molar-refractivity contribution is 0.602. The Balaban J connectivity index is -0.000000101. The summed E-state index contributed by atoms with van der Waals surface area (Å²) in [5.74, 6) is 0. The van der Waals surface area contributed by atoms with Crippen LogP contribution in [0.15, 0.2) is 25.3 Å². The minimum Gasteiger partial charge on any atom is -0.0991 e. The van der Waals surface area contributed by atoms with Crippen LogP contribution < -0.4 is 0 Å². The maximum Gasteiger partial charge on any atom is 0.575 e. The molecule has 0 aromatic heterocycles. The van der Waals surface area contributed by atoms with Crippen LogP contribution in [0.2, 0.25) is 0 Å². The Morgan fingerprint density at radius 1 is 1.08 bits per heavy atom. The lowest BCUT2D eigenvalue weighted by Crippen LogP contribution is -1.55. The number of hydrogen-bond donors (Lipinski definition) is 0. The van der Waals surface area contributed by atoms with Crippen molar-refractivity contribution in [1.29, 1.82) is 0 Å². The summed E-state index contributed by atoms with van der Waals surface area (Å²) >= 11 is 23.5. The quantitative estimate of drug-likeness (QED) is 0.356. The van der Waals surface area contributed by atoms with Crippen molar-refractivity contribution in [2.75, 3.05) is 0 Å². The van der Waals surface area contributed by atoms with Gasteiger partial charge >= 0.3 is 6.51 Å². The monoisotopic (exact) mass is 289 g/mol. The molecule has 0 heterocycles. The van der Waals surface area contributed by atoms with Crippen molar-refractivity contribution < 1.29 is 4.57 Å². The van der Waals surface area contributed by atoms with Gasteiger partial charge in [-0.05, 0) is 4.57 Å². The van der Waals surface area contributed by atoms with E-state index < -0.39 is 10.8 Å². The van der Waals surface area contributed by atoms with Gasteiger partial charge in [-0.25, -0.2) is 0 Å². The number of rotatable bonds is 1. The molecule has 0 aromatic carbocycles. The SMILES string of the molecule is C=CC=C.ClC(Cl)Cl.O=[P+](Cl)Cl. The minimum absolute atomic E-state index is 0.750. The predicted octanol–water partition coefficient (Wildman–Crippen LogP) is 5.47. The van der Waals surface area contributed by atoms with Crippen LogP contribution in [-0.2, 0) is 4.57 Å². The standard InChI is InChI=1S/C4H6.CHCl3.Cl2OP/c1-3-4-2;2-1(3)4;1-4(2)3/h3-4H,1-2H2;1H;/q;;+1. The van der Waals surface area contributed by atoms with E-state index in [2.05, 4.69) is 35.6 Å². The topological polar surface area (TPSA) is 17.1 Å². The highest BCUT2D eigenvalue weighted by Crippen LogP contribution is 2.31. The maximum absolute atomic E-state index is 9.12. The van der Waals surface area contributed by atoms with Crippen LogP contribution in [0.1, 0.15) is 0 Å². The highest BCUT2D eigenvalue weighted by atomic mass is 35.9. The summed E-state index contributed by atoms with van der Waals surface area (Å²) < 4.78 is 8.37. The van der Waals surface area contributed by atoms with E-state index in [1.165, 1.54) is 0 Å². The van der Waals surface area contributed by atoms with Gasteiger partial charge in [-0.3, -0.25) is 0 Å². The van der Waals surface area contributed by atoms with Crippen molar-refractivity contribution in [3.05, 3.63) is 25.3 Å². The van der Waals surface area contributed by atoms with E-state index in [1.807, 2.05) is 0 Å². The Kier molecular flexibility index (Phi) is 28.0. The van der Waals surface area contributed by atoms with Crippen molar-refractivity contribution in [3.63, 3.8) is 0 Å². The average molecular weight is 291 g/mol. The summed E-state index contributed by atoms with van der Waals surface area (Å²) in [4.78, 5) is 0. The van der Waals surface area contributed by atoms with Gasteiger partial charge in [0.25, 0.3) is 0 Å². The smallest absolute Gasteiger partial charge is 0.0991 e. The summed E-state index contributed by atoms with van der Waals surface area (Å²) in [6, 6.07) is 0. The van der Waals surface area contributed by atoms with E-state index >= 15 is 0 Å². The highest BCUT2D eigenvalue weighted by molar-refractivity contribution is 7.95. The number of alkyl halides is 3. The molecule has 0 N–H and O–H groups in total. The molecule has 0 radical (unpaired) electrons. The van der Waals surface area contributed by atoms with Gasteiger partial charge in [0.05, 0.1) is 0 Å². The molecule has 0 aromatic rings. The molecule has 0 aliphatic carbocycles. The third-order valence-electron chi connectivity index (χ3n) is 0.167. The summed E-state index contributed by atoms with van der Waals surface area (Å²) in [6.45, 7) is 4.80. The molecule has 0 aliphatic rings. The minimum atomic E-state index is -1.93. The van der Waals surface area contributed by atoms with Crippen molar-refractivity contribution >= 4 is 63.8 Å². The molecular formula is C5H7Cl5OP+. The van der Waals surface area contributed by atoms with E-state index in [9.17, 15) is 0 Å². The van der Waals surface area contributed by atoms with Gasteiger partial charge in [-0.15, -0.1) is 0 Å². The van der Waals surface area contributed by atoms with E-state index in [4.69, 9.17) is 39.4 Å². The lowest BCUT2D eigenvalue weighted by Gasteiger charge is -1.69. The van der Waals surface area contributed by atoms with Crippen LogP contribution >= 0.6 is 63.8 Å². The largest absolute Gasteiger partial charge is 0.575 e. The van der Waals surface area contributed by atoms with E-state index in [1.54, 1.807) is 12.2 Å². The fourth-order valence-corrected chi connectivity index (χ4v) is 0. The highest BCUT2D eigenvalue weighted by Gasteiger charge is 1.97. The van der Waals surface area contributed by atoms with E-state index in [0.717, 1.165) is 0 Å². The summed E-state index contributed by atoms with van der Waals surface area (Å²) in [7, 11) is 0. The second-order valence-electron chi connectivity index (χ2n) is 0.921. The second kappa shape index (κ2) is 17.9. The van der Waals surface area contributed by atoms with Crippen molar-refractivity contribution in [2.24, 2.45) is 0 Å². The van der Waals surface area contributed by atoms with E-state index in [0.29, 0.717) is 0 Å². The summed E-state index contributed by atoms with van der Waals surface area (Å²) in [5, 5.41) is 0. The summed E-state index contributed by atoms with van der Waals surface area (Å²) in [5.41, 5.74) is 0. The van der Waals surface area contributed by atoms with Gasteiger partial charge in [0.2, 0.25) is 22.5 Å². The molecule has 7 heteroatoms. The Morgan fingerprint density at radius 3 is 1.17 bits per heavy atom. The Bertz CT molecular complexity index is 114. The first-order valence-electron chi connectivity index (χ1n) is 2.33. The van der Waals surface area contributed by atoms with Gasteiger partial charge < -0.3 is 0 Å². The van der Waals surface area contributed by atoms with Crippen LogP contribution in [0.3, 0.4) is 0 Å². The third-order valence-corrected chi connectivity index (χ3v) is 0.167. The van der Waals surface area contributed by atoms with Crippen LogP contribution in [-0.4, -0.2) is 4.30 Å². The summed E-state index contributed by atoms with van der Waals surface area (Å²) in [6.07, 6.45) is 3.28. The first-order valence-corrected chi connectivity index (χ1v) is 6.70. The van der Waals surface area contributed by atoms with Gasteiger partial charge in [-0.1, -0.05) is 60.1 Å². The third kappa shape index (κ3) is 269. The van der Waals surface area contributed by atoms with Crippen LogP contribution in [0.4, 0.5) is 0 Å². The predicted molar refractivity (Wildman–Crippen MR) is 61.1 cm³/mol. The zero-order valence-corrected chi connectivity index (χ0v) is 10.6. The molecule has 0 spiro atoms. The van der Waals surface area contributed by atoms with Crippen LogP contribution in [0.5, 0.6) is 0 Å². The van der Waals surface area contributed by atoms with Gasteiger partial charge in [0.1, 0.15) is 0 Å². The first kappa shape index (κ1) is 18.7. The number of hydrogen-bond acceptors (Lipinski definition) is 1. The molecule has 0 atom stereocenters. The fraction of sp³-hybridized carbons (Fsp3) is 0.200. The molecule has 0 saturated heterocycles. The molecule has 0 rings (SSSR count). The zero-order chi connectivity index (χ0) is 10.6. The molecule has 72 valence electrons. The molecule has 0 amide bonds. The lowest BCUT2D eigenvalue weighted by atomic mass is 10.6. The molecule has 0 bridgehead atoms. The Labute approximate surface area is 97.6 Å². The fourth-order valence-electron chi connectivity index (χ4n) is 0. The molecule has 0 aliphatic heterocycles. The average Bonchev–Trinajstić information content (AvgIpc) is 1.85. The van der Waals surface area contributed by atoms with E-state index in [-0.39, 0.29) is 0 Å². The van der Waals surface area contributed by atoms with Gasteiger partial charge in [0, 0.05) is 0 Å². The normalized spacial score (nSPS) is 6.83. The van der Waals surface area contributed by atoms with Crippen LogP contribution in [0, 0.1) is 0 Å². The number of allylic oxidation sites excluding steroid dienone is 2. The first-order chi connectivity index (χ1) is 5.38. The van der Waals surface area contributed by atoms with Crippen molar-refractivity contribution in [2.45, 2.75) is 4.30 Å². The Hall–Kier alpha value is 1.03. The number of halogens is 5. The molecule has 0 fully saturated rings.